The summed E-state index contributed by atoms with van der Waals surface area (Å²) in [5, 5.41) is 0.416. The zero-order valence-corrected chi connectivity index (χ0v) is 7.14. The van der Waals surface area contributed by atoms with E-state index < -0.39 is 0 Å². The lowest BCUT2D eigenvalue weighted by Crippen LogP contribution is -1.95. The highest BCUT2D eigenvalue weighted by molar-refractivity contribution is 6.29. The highest BCUT2D eigenvalue weighted by Crippen LogP contribution is 2.12. The predicted molar refractivity (Wildman–Crippen MR) is 46.9 cm³/mol. The van der Waals surface area contributed by atoms with Gasteiger partial charge in [0.2, 0.25) is 0 Å². The van der Waals surface area contributed by atoms with Crippen molar-refractivity contribution in [2.24, 2.45) is 0 Å². The van der Waals surface area contributed by atoms with Gasteiger partial charge in [0.05, 0.1) is 0 Å². The van der Waals surface area contributed by atoms with Gasteiger partial charge >= 0.3 is 0 Å². The SMILES string of the molecule is C=C(Cl)COc1ccc(F)cc1. The molecule has 0 amide bonds. The van der Waals surface area contributed by atoms with Gasteiger partial charge < -0.3 is 4.74 Å². The molecule has 0 saturated carbocycles. The molecule has 64 valence electrons. The number of hydrogen-bond donors (Lipinski definition) is 0. The second kappa shape index (κ2) is 4.12. The maximum atomic E-state index is 12.4. The van der Waals surface area contributed by atoms with Crippen molar-refractivity contribution in [3.63, 3.8) is 0 Å². The molecule has 0 unspecified atom stereocenters. The normalized spacial score (nSPS) is 9.50. The molecule has 0 bridgehead atoms. The molecule has 0 radical (unpaired) electrons. The largest absolute Gasteiger partial charge is 0.488 e. The van der Waals surface area contributed by atoms with E-state index in [0.29, 0.717) is 10.8 Å². The van der Waals surface area contributed by atoms with Crippen LogP contribution in [0.3, 0.4) is 0 Å². The standard InChI is InChI=1S/C9H8ClFO/c1-7(10)6-12-9-4-2-8(11)3-5-9/h2-5H,1,6H2. The molecule has 0 aliphatic heterocycles. The zero-order valence-electron chi connectivity index (χ0n) is 6.39. The van der Waals surface area contributed by atoms with Crippen LogP contribution in [-0.2, 0) is 0 Å². The summed E-state index contributed by atoms with van der Waals surface area (Å²) in [7, 11) is 0. The Morgan fingerprint density at radius 2 is 2.00 bits per heavy atom. The minimum Gasteiger partial charge on any atom is -0.488 e. The van der Waals surface area contributed by atoms with Crippen LogP contribution in [0.2, 0.25) is 0 Å². The molecule has 0 N–H and O–H groups in total. The van der Waals surface area contributed by atoms with Gasteiger partial charge in [0.15, 0.2) is 0 Å². The molecule has 1 aromatic carbocycles. The van der Waals surface area contributed by atoms with Crippen LogP contribution < -0.4 is 4.74 Å². The first-order valence-corrected chi connectivity index (χ1v) is 3.78. The Balaban J connectivity index is 2.53. The van der Waals surface area contributed by atoms with Crippen LogP contribution in [0.5, 0.6) is 5.75 Å². The molecule has 0 heterocycles. The Bertz CT molecular complexity index is 268. The van der Waals surface area contributed by atoms with E-state index in [9.17, 15) is 4.39 Å². The Morgan fingerprint density at radius 3 is 2.50 bits per heavy atom. The molecule has 0 aromatic heterocycles. The molecule has 1 rings (SSSR count). The van der Waals surface area contributed by atoms with Gasteiger partial charge in [-0.2, -0.15) is 0 Å². The number of ether oxygens (including phenoxy) is 1. The summed E-state index contributed by atoms with van der Waals surface area (Å²) in [5.74, 6) is 0.297. The van der Waals surface area contributed by atoms with E-state index in [4.69, 9.17) is 16.3 Å². The zero-order chi connectivity index (χ0) is 8.97. The fourth-order valence-corrected chi connectivity index (χ4v) is 0.747. The summed E-state index contributed by atoms with van der Waals surface area (Å²) < 4.78 is 17.5. The summed E-state index contributed by atoms with van der Waals surface area (Å²) in [6.07, 6.45) is 0. The lowest BCUT2D eigenvalue weighted by Gasteiger charge is -2.03. The van der Waals surface area contributed by atoms with E-state index in [-0.39, 0.29) is 12.4 Å². The van der Waals surface area contributed by atoms with E-state index in [1.165, 1.54) is 24.3 Å². The Kier molecular flexibility index (Phi) is 3.11. The average Bonchev–Trinajstić information content (AvgIpc) is 2.03. The maximum Gasteiger partial charge on any atom is 0.123 e. The summed E-state index contributed by atoms with van der Waals surface area (Å²) in [5.41, 5.74) is 0. The van der Waals surface area contributed by atoms with Crippen molar-refractivity contribution in [3.8, 4) is 5.75 Å². The van der Waals surface area contributed by atoms with E-state index in [1.807, 2.05) is 0 Å². The van der Waals surface area contributed by atoms with Crippen molar-refractivity contribution >= 4 is 11.6 Å². The van der Waals surface area contributed by atoms with Crippen molar-refractivity contribution in [1.82, 2.24) is 0 Å². The molecule has 1 nitrogen and oxygen atoms in total. The second-order valence-electron chi connectivity index (χ2n) is 2.26. The summed E-state index contributed by atoms with van der Waals surface area (Å²) in [6.45, 7) is 3.70. The Hall–Kier alpha value is -1.02. The molecule has 0 aliphatic carbocycles. The molecule has 12 heavy (non-hydrogen) atoms. The smallest absolute Gasteiger partial charge is 0.123 e. The lowest BCUT2D eigenvalue weighted by atomic mass is 10.3. The van der Waals surface area contributed by atoms with E-state index >= 15 is 0 Å². The van der Waals surface area contributed by atoms with Crippen LogP contribution in [0.15, 0.2) is 35.9 Å². The van der Waals surface area contributed by atoms with Gasteiger partial charge in [-0.25, -0.2) is 4.39 Å². The number of hydrogen-bond acceptors (Lipinski definition) is 1. The van der Waals surface area contributed by atoms with E-state index in [2.05, 4.69) is 6.58 Å². The third-order valence-corrected chi connectivity index (χ3v) is 1.32. The summed E-state index contributed by atoms with van der Waals surface area (Å²) in [4.78, 5) is 0. The van der Waals surface area contributed by atoms with Crippen LogP contribution >= 0.6 is 11.6 Å². The molecular weight excluding hydrogens is 179 g/mol. The van der Waals surface area contributed by atoms with Crippen LogP contribution in [-0.4, -0.2) is 6.61 Å². The number of rotatable bonds is 3. The van der Waals surface area contributed by atoms with Gasteiger partial charge in [-0.05, 0) is 24.3 Å². The van der Waals surface area contributed by atoms with E-state index in [1.54, 1.807) is 0 Å². The Labute approximate surface area is 75.4 Å². The molecule has 1 aromatic rings. The number of benzene rings is 1. The van der Waals surface area contributed by atoms with Gasteiger partial charge in [-0.1, -0.05) is 18.2 Å². The number of halogens is 2. The van der Waals surface area contributed by atoms with E-state index in [0.717, 1.165) is 0 Å². The highest BCUT2D eigenvalue weighted by Gasteiger charge is 1.94. The fraction of sp³-hybridized carbons (Fsp3) is 0.111. The van der Waals surface area contributed by atoms with Crippen LogP contribution in [0.4, 0.5) is 4.39 Å². The molecular formula is C9H8ClFO. The fourth-order valence-electron chi connectivity index (χ4n) is 0.692. The van der Waals surface area contributed by atoms with Crippen LogP contribution in [0, 0.1) is 5.82 Å². The van der Waals surface area contributed by atoms with Crippen molar-refractivity contribution in [3.05, 3.63) is 41.7 Å². The van der Waals surface area contributed by atoms with Crippen LogP contribution in [0.25, 0.3) is 0 Å². The minimum atomic E-state index is -0.285. The van der Waals surface area contributed by atoms with Crippen LogP contribution in [0.1, 0.15) is 0 Å². The molecule has 0 spiro atoms. The quantitative estimate of drug-likeness (QED) is 0.705. The minimum absolute atomic E-state index is 0.243. The summed E-state index contributed by atoms with van der Waals surface area (Å²) >= 11 is 5.47. The first-order chi connectivity index (χ1) is 5.68. The third kappa shape index (κ3) is 2.93. The monoisotopic (exact) mass is 186 g/mol. The molecule has 0 aliphatic rings. The van der Waals surface area contributed by atoms with Crippen molar-refractivity contribution in [2.45, 2.75) is 0 Å². The van der Waals surface area contributed by atoms with Gasteiger partial charge in [-0.15, -0.1) is 0 Å². The van der Waals surface area contributed by atoms with Gasteiger partial charge in [-0.3, -0.25) is 0 Å². The predicted octanol–water partition coefficient (Wildman–Crippen LogP) is 2.96. The first kappa shape index (κ1) is 9.07. The van der Waals surface area contributed by atoms with Crippen molar-refractivity contribution < 1.29 is 9.13 Å². The molecule has 3 heteroatoms. The van der Waals surface area contributed by atoms with Crippen molar-refractivity contribution in [1.29, 1.82) is 0 Å². The topological polar surface area (TPSA) is 9.23 Å². The summed E-state index contributed by atoms with van der Waals surface area (Å²) in [6, 6.07) is 5.73. The van der Waals surface area contributed by atoms with Gasteiger partial charge in [0, 0.05) is 5.03 Å². The molecule has 0 saturated heterocycles. The van der Waals surface area contributed by atoms with Gasteiger partial charge in [0.1, 0.15) is 18.2 Å². The second-order valence-corrected chi connectivity index (χ2v) is 2.79. The maximum absolute atomic E-state index is 12.4. The lowest BCUT2D eigenvalue weighted by molar-refractivity contribution is 0.359. The van der Waals surface area contributed by atoms with Gasteiger partial charge in [0.25, 0.3) is 0 Å². The third-order valence-electron chi connectivity index (χ3n) is 1.21. The molecule has 0 atom stereocenters. The Morgan fingerprint density at radius 1 is 1.42 bits per heavy atom. The molecule has 0 fully saturated rings. The highest BCUT2D eigenvalue weighted by atomic mass is 35.5. The average molecular weight is 187 g/mol. The van der Waals surface area contributed by atoms with Crippen molar-refractivity contribution in [2.75, 3.05) is 6.61 Å². The first-order valence-electron chi connectivity index (χ1n) is 3.40.